The third-order valence-electron chi connectivity index (χ3n) is 3.73. The van der Waals surface area contributed by atoms with Crippen molar-refractivity contribution in [3.8, 4) is 0 Å². The van der Waals surface area contributed by atoms with Crippen LogP contribution in [0.5, 0.6) is 0 Å². The van der Waals surface area contributed by atoms with Crippen molar-refractivity contribution in [1.82, 2.24) is 14.8 Å². The standard InChI is InChI=1S/C15H21N5O3/c1-10(21)18-13-7-11(3-4-17-13)15(23)20-6-5-19(2)8-12(9-20)14(16)22/h3-4,7,12H,5-6,8-9H2,1-2H3,(H2,16,22)(H,17,18,21)/t12-/m0/s1. The van der Waals surface area contributed by atoms with Gasteiger partial charge in [0.25, 0.3) is 5.91 Å². The Morgan fingerprint density at radius 3 is 2.70 bits per heavy atom. The minimum absolute atomic E-state index is 0.208. The van der Waals surface area contributed by atoms with Crippen LogP contribution in [0.25, 0.3) is 0 Å². The number of hydrogen-bond donors (Lipinski definition) is 2. The van der Waals surface area contributed by atoms with E-state index in [1.165, 1.54) is 19.2 Å². The molecule has 1 aromatic rings. The minimum atomic E-state index is -0.412. The van der Waals surface area contributed by atoms with Crippen molar-refractivity contribution in [3.63, 3.8) is 0 Å². The molecule has 1 aliphatic heterocycles. The quantitative estimate of drug-likeness (QED) is 0.783. The Labute approximate surface area is 134 Å². The topological polar surface area (TPSA) is 109 Å². The summed E-state index contributed by atoms with van der Waals surface area (Å²) in [4.78, 5) is 42.9. The van der Waals surface area contributed by atoms with Crippen LogP contribution in [0.1, 0.15) is 17.3 Å². The number of carbonyl (C=O) groups excluding carboxylic acids is 3. The lowest BCUT2D eigenvalue weighted by molar-refractivity contribution is -0.122. The second-order valence-electron chi connectivity index (χ2n) is 5.72. The first kappa shape index (κ1) is 16.9. The first-order valence-corrected chi connectivity index (χ1v) is 7.37. The molecule has 0 spiro atoms. The summed E-state index contributed by atoms with van der Waals surface area (Å²) in [6.07, 6.45) is 1.47. The maximum Gasteiger partial charge on any atom is 0.254 e. The van der Waals surface area contributed by atoms with E-state index in [-0.39, 0.29) is 18.4 Å². The fourth-order valence-electron chi connectivity index (χ4n) is 2.53. The normalized spacial score (nSPS) is 19.0. The number of nitrogens with one attached hydrogen (secondary N) is 1. The Kier molecular flexibility index (Phi) is 5.28. The number of pyridine rings is 1. The summed E-state index contributed by atoms with van der Waals surface area (Å²) in [6, 6.07) is 3.11. The molecule has 1 aliphatic rings. The second kappa shape index (κ2) is 7.19. The molecule has 0 radical (unpaired) electrons. The van der Waals surface area contributed by atoms with Crippen LogP contribution in [0.4, 0.5) is 5.82 Å². The van der Waals surface area contributed by atoms with Crippen LogP contribution in [-0.2, 0) is 9.59 Å². The van der Waals surface area contributed by atoms with E-state index < -0.39 is 11.8 Å². The molecule has 3 amide bonds. The van der Waals surface area contributed by atoms with Gasteiger partial charge in [0.15, 0.2) is 0 Å². The summed E-state index contributed by atoms with van der Waals surface area (Å²) in [5, 5.41) is 2.55. The second-order valence-corrected chi connectivity index (χ2v) is 5.72. The van der Waals surface area contributed by atoms with Crippen molar-refractivity contribution >= 4 is 23.5 Å². The van der Waals surface area contributed by atoms with Crippen molar-refractivity contribution in [2.24, 2.45) is 11.7 Å². The van der Waals surface area contributed by atoms with Crippen LogP contribution >= 0.6 is 0 Å². The van der Waals surface area contributed by atoms with Gasteiger partial charge >= 0.3 is 0 Å². The van der Waals surface area contributed by atoms with E-state index in [4.69, 9.17) is 5.73 Å². The van der Waals surface area contributed by atoms with Crippen LogP contribution in [-0.4, -0.2) is 65.7 Å². The molecule has 0 saturated carbocycles. The number of amides is 3. The number of nitrogens with two attached hydrogens (primary N) is 1. The number of primary amides is 1. The molecule has 8 heteroatoms. The monoisotopic (exact) mass is 319 g/mol. The third-order valence-corrected chi connectivity index (χ3v) is 3.73. The summed E-state index contributed by atoms with van der Waals surface area (Å²) < 4.78 is 0. The van der Waals surface area contributed by atoms with Crippen LogP contribution in [0.15, 0.2) is 18.3 Å². The van der Waals surface area contributed by atoms with Gasteiger partial charge in [-0.05, 0) is 19.2 Å². The molecule has 1 aromatic heterocycles. The highest BCUT2D eigenvalue weighted by Crippen LogP contribution is 2.14. The molecule has 3 N–H and O–H groups in total. The lowest BCUT2D eigenvalue weighted by atomic mass is 10.1. The van der Waals surface area contributed by atoms with Gasteiger partial charge in [-0.1, -0.05) is 0 Å². The molecule has 0 aromatic carbocycles. The highest BCUT2D eigenvalue weighted by Gasteiger charge is 2.28. The molecule has 23 heavy (non-hydrogen) atoms. The molecule has 1 saturated heterocycles. The molecule has 2 heterocycles. The maximum absolute atomic E-state index is 12.7. The average molecular weight is 319 g/mol. The lowest BCUT2D eigenvalue weighted by Gasteiger charge is -2.22. The first-order chi connectivity index (χ1) is 10.9. The maximum atomic E-state index is 12.7. The molecule has 0 bridgehead atoms. The zero-order valence-corrected chi connectivity index (χ0v) is 13.3. The van der Waals surface area contributed by atoms with Gasteiger partial charge in [0.2, 0.25) is 11.8 Å². The van der Waals surface area contributed by atoms with E-state index in [1.807, 2.05) is 11.9 Å². The fourth-order valence-corrected chi connectivity index (χ4v) is 2.53. The van der Waals surface area contributed by atoms with E-state index in [0.29, 0.717) is 31.0 Å². The molecule has 1 atom stereocenters. The van der Waals surface area contributed by atoms with Crippen LogP contribution in [0, 0.1) is 5.92 Å². The average Bonchev–Trinajstić information content (AvgIpc) is 2.68. The molecule has 0 aliphatic carbocycles. The van der Waals surface area contributed by atoms with E-state index in [9.17, 15) is 14.4 Å². The zero-order chi connectivity index (χ0) is 17.0. The van der Waals surface area contributed by atoms with Crippen molar-refractivity contribution in [2.75, 3.05) is 38.5 Å². The largest absolute Gasteiger partial charge is 0.369 e. The van der Waals surface area contributed by atoms with E-state index in [1.54, 1.807) is 11.0 Å². The molecule has 124 valence electrons. The van der Waals surface area contributed by atoms with Gasteiger partial charge in [-0.2, -0.15) is 0 Å². The van der Waals surface area contributed by atoms with Gasteiger partial charge in [0, 0.05) is 44.9 Å². The summed E-state index contributed by atoms with van der Waals surface area (Å²) in [5.74, 6) is -0.956. The SMILES string of the molecule is CC(=O)Nc1cc(C(=O)N2CCN(C)C[C@H](C(N)=O)C2)ccn1. The first-order valence-electron chi connectivity index (χ1n) is 7.37. The van der Waals surface area contributed by atoms with Crippen molar-refractivity contribution in [3.05, 3.63) is 23.9 Å². The highest BCUT2D eigenvalue weighted by atomic mass is 16.2. The Balaban J connectivity index is 2.18. The Morgan fingerprint density at radius 1 is 1.30 bits per heavy atom. The van der Waals surface area contributed by atoms with Crippen molar-refractivity contribution < 1.29 is 14.4 Å². The number of aromatic nitrogens is 1. The van der Waals surface area contributed by atoms with Gasteiger partial charge in [0.05, 0.1) is 5.92 Å². The van der Waals surface area contributed by atoms with Gasteiger partial charge in [0.1, 0.15) is 5.82 Å². The van der Waals surface area contributed by atoms with E-state index in [2.05, 4.69) is 10.3 Å². The molecule has 0 unspecified atom stereocenters. The lowest BCUT2D eigenvalue weighted by Crippen LogP contribution is -2.40. The van der Waals surface area contributed by atoms with Gasteiger partial charge < -0.3 is 20.9 Å². The smallest absolute Gasteiger partial charge is 0.254 e. The van der Waals surface area contributed by atoms with Crippen molar-refractivity contribution in [2.45, 2.75) is 6.92 Å². The fraction of sp³-hybridized carbons (Fsp3) is 0.467. The summed E-state index contributed by atoms with van der Waals surface area (Å²) in [7, 11) is 1.89. The number of hydrogen-bond acceptors (Lipinski definition) is 5. The Bertz CT molecular complexity index is 619. The predicted molar refractivity (Wildman–Crippen MR) is 84.6 cm³/mol. The van der Waals surface area contributed by atoms with Gasteiger partial charge in [-0.15, -0.1) is 0 Å². The third kappa shape index (κ3) is 4.49. The minimum Gasteiger partial charge on any atom is -0.369 e. The molecule has 2 rings (SSSR count). The Hall–Kier alpha value is -2.48. The predicted octanol–water partition coefficient (Wildman–Crippen LogP) is -0.471. The highest BCUT2D eigenvalue weighted by molar-refractivity contribution is 5.96. The number of rotatable bonds is 3. The van der Waals surface area contributed by atoms with Crippen LogP contribution < -0.4 is 11.1 Å². The molecular formula is C15H21N5O3. The summed E-state index contributed by atoms with van der Waals surface area (Å²) in [5.41, 5.74) is 5.83. The zero-order valence-electron chi connectivity index (χ0n) is 13.3. The number of anilines is 1. The van der Waals surface area contributed by atoms with Gasteiger partial charge in [-0.25, -0.2) is 4.98 Å². The number of carbonyl (C=O) groups is 3. The molecule has 1 fully saturated rings. The van der Waals surface area contributed by atoms with E-state index in [0.717, 1.165) is 0 Å². The molecule has 8 nitrogen and oxygen atoms in total. The van der Waals surface area contributed by atoms with Crippen LogP contribution in [0.2, 0.25) is 0 Å². The molecular weight excluding hydrogens is 298 g/mol. The summed E-state index contributed by atoms with van der Waals surface area (Å²) >= 11 is 0. The number of likely N-dealkylation sites (N-methyl/N-ethyl adjacent to an activating group) is 1. The summed E-state index contributed by atoms with van der Waals surface area (Å²) in [6.45, 7) is 3.37. The van der Waals surface area contributed by atoms with Crippen molar-refractivity contribution in [1.29, 1.82) is 0 Å². The van der Waals surface area contributed by atoms with Crippen LogP contribution in [0.3, 0.4) is 0 Å². The number of nitrogens with zero attached hydrogens (tertiary/aromatic N) is 3. The van der Waals surface area contributed by atoms with Gasteiger partial charge in [-0.3, -0.25) is 14.4 Å². The Morgan fingerprint density at radius 2 is 2.04 bits per heavy atom. The van der Waals surface area contributed by atoms with E-state index >= 15 is 0 Å².